The summed E-state index contributed by atoms with van der Waals surface area (Å²) in [7, 11) is 0. The third-order valence-electron chi connectivity index (χ3n) is 2.90. The Kier molecular flexibility index (Phi) is 6.94. The number of aryl methyl sites for hydroxylation is 1. The van der Waals surface area contributed by atoms with E-state index in [1.807, 2.05) is 6.07 Å². The van der Waals surface area contributed by atoms with E-state index in [1.165, 1.54) is 0 Å². The summed E-state index contributed by atoms with van der Waals surface area (Å²) in [6.07, 6.45) is 5.96. The van der Waals surface area contributed by atoms with Crippen LogP contribution in [0.4, 0.5) is 5.82 Å². The first-order valence-electron chi connectivity index (χ1n) is 6.40. The van der Waals surface area contributed by atoms with Crippen LogP contribution in [-0.2, 0) is 6.42 Å². The SMILES string of the molecule is CCCc1cc(NCC(CC)CCCl)ncn1. The van der Waals surface area contributed by atoms with Gasteiger partial charge in [-0.2, -0.15) is 0 Å². The van der Waals surface area contributed by atoms with Gasteiger partial charge in [0.05, 0.1) is 0 Å². The smallest absolute Gasteiger partial charge is 0.129 e. The van der Waals surface area contributed by atoms with Gasteiger partial charge in [-0.1, -0.05) is 26.7 Å². The van der Waals surface area contributed by atoms with Crippen molar-refractivity contribution in [2.45, 2.75) is 39.5 Å². The fraction of sp³-hybridized carbons (Fsp3) is 0.692. The number of hydrogen-bond donors (Lipinski definition) is 1. The lowest BCUT2D eigenvalue weighted by Crippen LogP contribution is -2.15. The summed E-state index contributed by atoms with van der Waals surface area (Å²) in [5.41, 5.74) is 1.11. The summed E-state index contributed by atoms with van der Waals surface area (Å²) in [5.74, 6) is 2.28. The molecule has 1 N–H and O–H groups in total. The van der Waals surface area contributed by atoms with E-state index in [0.29, 0.717) is 5.92 Å². The van der Waals surface area contributed by atoms with Crippen LogP contribution in [0.5, 0.6) is 0 Å². The Labute approximate surface area is 109 Å². The molecule has 1 rings (SSSR count). The van der Waals surface area contributed by atoms with Crippen LogP contribution >= 0.6 is 11.6 Å². The van der Waals surface area contributed by atoms with Crippen molar-refractivity contribution in [3.05, 3.63) is 18.1 Å². The highest BCUT2D eigenvalue weighted by atomic mass is 35.5. The molecular weight excluding hydrogens is 234 g/mol. The maximum Gasteiger partial charge on any atom is 0.129 e. The molecule has 0 spiro atoms. The molecular formula is C13H22ClN3. The summed E-state index contributed by atoms with van der Waals surface area (Å²) in [5, 5.41) is 3.37. The van der Waals surface area contributed by atoms with Gasteiger partial charge in [0.1, 0.15) is 12.1 Å². The van der Waals surface area contributed by atoms with Gasteiger partial charge in [-0.3, -0.25) is 0 Å². The first-order valence-corrected chi connectivity index (χ1v) is 6.94. The van der Waals surface area contributed by atoms with Gasteiger partial charge < -0.3 is 5.32 Å². The highest BCUT2D eigenvalue weighted by Crippen LogP contribution is 2.12. The molecule has 1 aromatic rings. The number of rotatable bonds is 8. The minimum Gasteiger partial charge on any atom is -0.370 e. The number of aromatic nitrogens is 2. The van der Waals surface area contributed by atoms with Crippen LogP contribution in [0.3, 0.4) is 0 Å². The molecule has 96 valence electrons. The van der Waals surface area contributed by atoms with E-state index in [9.17, 15) is 0 Å². The summed E-state index contributed by atoms with van der Waals surface area (Å²) in [6, 6.07) is 2.04. The Bertz CT molecular complexity index is 317. The minimum atomic E-state index is 0.622. The molecule has 0 fully saturated rings. The maximum absolute atomic E-state index is 5.77. The van der Waals surface area contributed by atoms with Crippen molar-refractivity contribution in [1.29, 1.82) is 0 Å². The van der Waals surface area contributed by atoms with Gasteiger partial charge >= 0.3 is 0 Å². The Balaban J connectivity index is 2.47. The third kappa shape index (κ3) is 5.35. The second-order valence-corrected chi connectivity index (χ2v) is 4.66. The van der Waals surface area contributed by atoms with Crippen LogP contribution in [-0.4, -0.2) is 22.4 Å². The molecule has 1 atom stereocenters. The van der Waals surface area contributed by atoms with E-state index < -0.39 is 0 Å². The van der Waals surface area contributed by atoms with Gasteiger partial charge in [0.2, 0.25) is 0 Å². The first kappa shape index (κ1) is 14.2. The number of alkyl halides is 1. The van der Waals surface area contributed by atoms with Gasteiger partial charge in [0, 0.05) is 24.2 Å². The molecule has 1 heterocycles. The summed E-state index contributed by atoms with van der Waals surface area (Å²) in [6.45, 7) is 5.29. The van der Waals surface area contributed by atoms with Gasteiger partial charge in [-0.25, -0.2) is 9.97 Å². The van der Waals surface area contributed by atoms with Crippen molar-refractivity contribution >= 4 is 17.4 Å². The van der Waals surface area contributed by atoms with E-state index in [1.54, 1.807) is 6.33 Å². The van der Waals surface area contributed by atoms with Gasteiger partial charge in [-0.05, 0) is 18.8 Å². The molecule has 0 aromatic carbocycles. The van der Waals surface area contributed by atoms with Crippen molar-refractivity contribution in [2.75, 3.05) is 17.7 Å². The van der Waals surface area contributed by atoms with Crippen LogP contribution < -0.4 is 5.32 Å². The van der Waals surface area contributed by atoms with Crippen LogP contribution in [0, 0.1) is 5.92 Å². The second kappa shape index (κ2) is 8.29. The molecule has 17 heavy (non-hydrogen) atoms. The molecule has 0 amide bonds. The molecule has 0 saturated carbocycles. The fourth-order valence-electron chi connectivity index (χ4n) is 1.74. The zero-order valence-electron chi connectivity index (χ0n) is 10.7. The topological polar surface area (TPSA) is 37.8 Å². The largest absolute Gasteiger partial charge is 0.370 e. The molecule has 0 saturated heterocycles. The van der Waals surface area contributed by atoms with E-state index in [4.69, 9.17) is 11.6 Å². The van der Waals surface area contributed by atoms with Crippen LogP contribution in [0.2, 0.25) is 0 Å². The lowest BCUT2D eigenvalue weighted by atomic mass is 10.0. The van der Waals surface area contributed by atoms with Crippen LogP contribution in [0.1, 0.15) is 38.8 Å². The van der Waals surface area contributed by atoms with Crippen molar-refractivity contribution in [3.63, 3.8) is 0 Å². The molecule has 0 radical (unpaired) electrons. The molecule has 0 aliphatic carbocycles. The average molecular weight is 256 g/mol. The van der Waals surface area contributed by atoms with Gasteiger partial charge in [-0.15, -0.1) is 11.6 Å². The lowest BCUT2D eigenvalue weighted by Gasteiger charge is -2.14. The van der Waals surface area contributed by atoms with Crippen molar-refractivity contribution < 1.29 is 0 Å². The molecule has 0 aliphatic rings. The van der Waals surface area contributed by atoms with Crippen LogP contribution in [0.15, 0.2) is 12.4 Å². The normalized spacial score (nSPS) is 12.4. The highest BCUT2D eigenvalue weighted by molar-refractivity contribution is 6.17. The Morgan fingerprint density at radius 1 is 1.35 bits per heavy atom. The van der Waals surface area contributed by atoms with Crippen molar-refractivity contribution in [1.82, 2.24) is 9.97 Å². The number of nitrogens with zero attached hydrogens (tertiary/aromatic N) is 2. The second-order valence-electron chi connectivity index (χ2n) is 4.28. The summed E-state index contributed by atoms with van der Waals surface area (Å²) < 4.78 is 0. The zero-order chi connectivity index (χ0) is 12.5. The number of nitrogens with one attached hydrogen (secondary N) is 1. The van der Waals surface area contributed by atoms with E-state index in [-0.39, 0.29) is 0 Å². The molecule has 4 heteroatoms. The molecule has 1 unspecified atom stereocenters. The van der Waals surface area contributed by atoms with E-state index >= 15 is 0 Å². The van der Waals surface area contributed by atoms with Gasteiger partial charge in [0.25, 0.3) is 0 Å². The lowest BCUT2D eigenvalue weighted by molar-refractivity contribution is 0.521. The number of anilines is 1. The standard InChI is InChI=1S/C13H22ClN3/c1-3-5-12-8-13(17-10-16-12)15-9-11(4-2)6-7-14/h8,10-11H,3-7,9H2,1-2H3,(H,15,16,17). The Hall–Kier alpha value is -0.830. The molecule has 0 aliphatic heterocycles. The molecule has 0 bridgehead atoms. The predicted octanol–water partition coefficient (Wildman–Crippen LogP) is 3.50. The average Bonchev–Trinajstić information content (AvgIpc) is 2.35. The minimum absolute atomic E-state index is 0.622. The van der Waals surface area contributed by atoms with Crippen LogP contribution in [0.25, 0.3) is 0 Å². The highest BCUT2D eigenvalue weighted by Gasteiger charge is 2.06. The monoisotopic (exact) mass is 255 g/mol. The third-order valence-corrected chi connectivity index (χ3v) is 3.11. The number of hydrogen-bond acceptors (Lipinski definition) is 3. The molecule has 3 nitrogen and oxygen atoms in total. The summed E-state index contributed by atoms with van der Waals surface area (Å²) >= 11 is 5.77. The Morgan fingerprint density at radius 3 is 2.82 bits per heavy atom. The quantitative estimate of drug-likeness (QED) is 0.723. The number of halogens is 1. The van der Waals surface area contributed by atoms with E-state index in [2.05, 4.69) is 29.1 Å². The van der Waals surface area contributed by atoms with Crippen molar-refractivity contribution in [3.8, 4) is 0 Å². The predicted molar refractivity (Wildman–Crippen MR) is 73.6 cm³/mol. The zero-order valence-corrected chi connectivity index (χ0v) is 11.5. The summed E-state index contributed by atoms with van der Waals surface area (Å²) in [4.78, 5) is 8.47. The molecule has 1 aromatic heterocycles. The fourth-order valence-corrected chi connectivity index (χ4v) is 2.05. The van der Waals surface area contributed by atoms with E-state index in [0.717, 1.165) is 49.6 Å². The van der Waals surface area contributed by atoms with Gasteiger partial charge in [0.15, 0.2) is 0 Å². The van der Waals surface area contributed by atoms with Crippen molar-refractivity contribution in [2.24, 2.45) is 5.92 Å². The Morgan fingerprint density at radius 2 is 2.18 bits per heavy atom. The first-order chi connectivity index (χ1) is 8.30. The maximum atomic E-state index is 5.77.